The average Bonchev–Trinajstić information content (AvgIpc) is 2.22. The largest absolute Gasteiger partial charge is 0.341 e. The molecule has 0 spiro atoms. The Labute approximate surface area is 84.4 Å². The van der Waals surface area contributed by atoms with E-state index in [-0.39, 0.29) is 6.03 Å². The van der Waals surface area contributed by atoms with Gasteiger partial charge < -0.3 is 15.4 Å². The molecule has 4 heteroatoms. The summed E-state index contributed by atoms with van der Waals surface area (Å²) in [5.41, 5.74) is -0.618. The number of hydrogen-bond acceptors (Lipinski definition) is 2. The molecule has 0 aliphatic heterocycles. The lowest BCUT2D eigenvalue weighted by Crippen LogP contribution is -2.54. The third kappa shape index (κ3) is 2.47. The average molecular weight is 198 g/mol. The van der Waals surface area contributed by atoms with Gasteiger partial charge in [-0.3, -0.25) is 0 Å². The Morgan fingerprint density at radius 2 is 2.00 bits per heavy atom. The Bertz CT molecular complexity index is 220. The lowest BCUT2D eigenvalue weighted by molar-refractivity contribution is -0.114. The third-order valence-electron chi connectivity index (χ3n) is 2.98. The Kier molecular flexibility index (Phi) is 3.49. The van der Waals surface area contributed by atoms with Crippen LogP contribution in [0, 0.1) is 5.92 Å². The second-order valence-electron chi connectivity index (χ2n) is 4.16. The van der Waals surface area contributed by atoms with Crippen LogP contribution in [-0.4, -0.2) is 24.9 Å². The first-order valence-electron chi connectivity index (χ1n) is 5.08. The number of carbonyl (C=O) groups is 2. The van der Waals surface area contributed by atoms with Gasteiger partial charge in [-0.15, -0.1) is 0 Å². The molecule has 1 rings (SSSR count). The highest BCUT2D eigenvalue weighted by atomic mass is 16.2. The van der Waals surface area contributed by atoms with E-state index < -0.39 is 5.54 Å². The van der Waals surface area contributed by atoms with E-state index in [9.17, 15) is 9.59 Å². The smallest absolute Gasteiger partial charge is 0.315 e. The first-order chi connectivity index (χ1) is 6.62. The summed E-state index contributed by atoms with van der Waals surface area (Å²) in [6.07, 6.45) is 4.40. The molecule has 0 bridgehead atoms. The van der Waals surface area contributed by atoms with Gasteiger partial charge in [0.15, 0.2) is 0 Å². The molecular formula is C10H18N2O2. The molecule has 1 aliphatic carbocycles. The van der Waals surface area contributed by atoms with Crippen LogP contribution >= 0.6 is 0 Å². The fourth-order valence-corrected chi connectivity index (χ4v) is 1.84. The third-order valence-corrected chi connectivity index (χ3v) is 2.98. The Morgan fingerprint density at radius 1 is 1.43 bits per heavy atom. The van der Waals surface area contributed by atoms with Crippen LogP contribution in [0.5, 0.6) is 0 Å². The predicted molar refractivity (Wildman–Crippen MR) is 54.0 cm³/mol. The molecule has 1 aliphatic rings. The molecule has 0 unspecified atom stereocenters. The summed E-state index contributed by atoms with van der Waals surface area (Å²) >= 11 is 0. The first kappa shape index (κ1) is 11.0. The van der Waals surface area contributed by atoms with Gasteiger partial charge in [0, 0.05) is 7.05 Å². The molecule has 0 aromatic heterocycles. The van der Waals surface area contributed by atoms with E-state index in [4.69, 9.17) is 0 Å². The van der Waals surface area contributed by atoms with E-state index >= 15 is 0 Å². The van der Waals surface area contributed by atoms with E-state index in [2.05, 4.69) is 17.6 Å². The second kappa shape index (κ2) is 4.44. The van der Waals surface area contributed by atoms with Crippen LogP contribution in [0.3, 0.4) is 0 Å². The summed E-state index contributed by atoms with van der Waals surface area (Å²) in [6.45, 7) is 2.18. The van der Waals surface area contributed by atoms with Crippen LogP contribution in [0.25, 0.3) is 0 Å². The van der Waals surface area contributed by atoms with E-state index in [1.165, 1.54) is 0 Å². The van der Waals surface area contributed by atoms with E-state index in [0.717, 1.165) is 32.0 Å². The van der Waals surface area contributed by atoms with Gasteiger partial charge in [-0.05, 0) is 31.6 Å². The van der Waals surface area contributed by atoms with Gasteiger partial charge in [0.05, 0.1) is 5.54 Å². The lowest BCUT2D eigenvalue weighted by Gasteiger charge is -2.35. The van der Waals surface area contributed by atoms with Crippen molar-refractivity contribution in [3.63, 3.8) is 0 Å². The van der Waals surface area contributed by atoms with Crippen molar-refractivity contribution in [2.75, 3.05) is 7.05 Å². The highest BCUT2D eigenvalue weighted by molar-refractivity contribution is 5.80. The molecule has 0 aromatic rings. The maximum Gasteiger partial charge on any atom is 0.315 e. The van der Waals surface area contributed by atoms with Crippen LogP contribution < -0.4 is 10.6 Å². The minimum absolute atomic E-state index is 0.272. The standard InChI is InChI=1S/C10H18N2O2/c1-8-3-5-10(7-13,6-4-8)12-9(14)11-2/h7-8H,3-6H2,1-2H3,(H2,11,12,14). The Morgan fingerprint density at radius 3 is 2.43 bits per heavy atom. The number of nitrogens with one attached hydrogen (secondary N) is 2. The molecule has 0 saturated heterocycles. The SMILES string of the molecule is CNC(=O)NC1(C=O)CCC(C)CC1. The predicted octanol–water partition coefficient (Wildman–Crippen LogP) is 1.06. The summed E-state index contributed by atoms with van der Waals surface area (Å²) in [5, 5.41) is 5.21. The molecule has 1 fully saturated rings. The first-order valence-corrected chi connectivity index (χ1v) is 5.08. The number of aldehydes is 1. The quantitative estimate of drug-likeness (QED) is 0.652. The monoisotopic (exact) mass is 198 g/mol. The number of carbonyl (C=O) groups excluding carboxylic acids is 2. The van der Waals surface area contributed by atoms with E-state index in [0.29, 0.717) is 5.92 Å². The topological polar surface area (TPSA) is 58.2 Å². The molecule has 2 amide bonds. The summed E-state index contributed by atoms with van der Waals surface area (Å²) in [4.78, 5) is 22.1. The lowest BCUT2D eigenvalue weighted by atomic mass is 9.78. The van der Waals surface area contributed by atoms with Crippen LogP contribution in [0.15, 0.2) is 0 Å². The van der Waals surface area contributed by atoms with Gasteiger partial charge in [0.2, 0.25) is 0 Å². The minimum atomic E-state index is -0.618. The zero-order valence-electron chi connectivity index (χ0n) is 8.80. The van der Waals surface area contributed by atoms with Gasteiger partial charge in [-0.25, -0.2) is 4.79 Å². The van der Waals surface area contributed by atoms with E-state index in [1.807, 2.05) is 0 Å². The van der Waals surface area contributed by atoms with Gasteiger partial charge in [-0.2, -0.15) is 0 Å². The fourth-order valence-electron chi connectivity index (χ4n) is 1.84. The van der Waals surface area contributed by atoms with Gasteiger partial charge in [0.1, 0.15) is 6.29 Å². The van der Waals surface area contributed by atoms with Crippen LogP contribution in [-0.2, 0) is 4.79 Å². The summed E-state index contributed by atoms with van der Waals surface area (Å²) < 4.78 is 0. The van der Waals surface area contributed by atoms with Crippen molar-refractivity contribution in [3.8, 4) is 0 Å². The molecule has 2 N–H and O–H groups in total. The van der Waals surface area contributed by atoms with Crippen molar-refractivity contribution in [1.29, 1.82) is 0 Å². The minimum Gasteiger partial charge on any atom is -0.341 e. The molecule has 0 radical (unpaired) electrons. The molecule has 1 saturated carbocycles. The van der Waals surface area contributed by atoms with Crippen molar-refractivity contribution in [3.05, 3.63) is 0 Å². The Balaban J connectivity index is 2.58. The molecule has 4 nitrogen and oxygen atoms in total. The number of hydrogen-bond donors (Lipinski definition) is 2. The molecule has 80 valence electrons. The second-order valence-corrected chi connectivity index (χ2v) is 4.16. The fraction of sp³-hybridized carbons (Fsp3) is 0.800. The van der Waals surface area contributed by atoms with Gasteiger partial charge >= 0.3 is 6.03 Å². The van der Waals surface area contributed by atoms with Crippen molar-refractivity contribution in [2.24, 2.45) is 5.92 Å². The van der Waals surface area contributed by atoms with Crippen LogP contribution in [0.4, 0.5) is 4.79 Å². The van der Waals surface area contributed by atoms with Crippen molar-refractivity contribution < 1.29 is 9.59 Å². The highest BCUT2D eigenvalue weighted by Gasteiger charge is 2.34. The maximum absolute atomic E-state index is 11.1. The van der Waals surface area contributed by atoms with Gasteiger partial charge in [0.25, 0.3) is 0 Å². The van der Waals surface area contributed by atoms with Crippen molar-refractivity contribution in [2.45, 2.75) is 38.1 Å². The zero-order valence-corrected chi connectivity index (χ0v) is 8.80. The normalized spacial score (nSPS) is 32.0. The van der Waals surface area contributed by atoms with E-state index in [1.54, 1.807) is 7.05 Å². The molecule has 0 heterocycles. The Hall–Kier alpha value is -1.06. The van der Waals surface area contributed by atoms with Crippen molar-refractivity contribution >= 4 is 12.3 Å². The molecule has 0 aromatic carbocycles. The highest BCUT2D eigenvalue weighted by Crippen LogP contribution is 2.30. The summed E-state index contributed by atoms with van der Waals surface area (Å²) in [6, 6.07) is -0.272. The zero-order chi connectivity index (χ0) is 10.6. The molecule has 0 atom stereocenters. The number of urea groups is 1. The van der Waals surface area contributed by atoms with Crippen LogP contribution in [0.2, 0.25) is 0 Å². The summed E-state index contributed by atoms with van der Waals surface area (Å²) in [5.74, 6) is 0.662. The maximum atomic E-state index is 11.1. The number of rotatable bonds is 2. The molecule has 14 heavy (non-hydrogen) atoms. The van der Waals surface area contributed by atoms with Crippen LogP contribution in [0.1, 0.15) is 32.6 Å². The molecular weight excluding hydrogens is 180 g/mol. The van der Waals surface area contributed by atoms with Crippen molar-refractivity contribution in [1.82, 2.24) is 10.6 Å². The summed E-state index contributed by atoms with van der Waals surface area (Å²) in [7, 11) is 1.55. The number of amides is 2. The van der Waals surface area contributed by atoms with Gasteiger partial charge in [-0.1, -0.05) is 6.92 Å².